The number of carbonyl (C=O) groups excluding carboxylic acids is 2. The standard InChI is InChI=1S/C31H30Cl2N4O4/c1-20-24(30(38)35-13-15-36(16-14-35)31(39)34-22-9-11-25(32)26(33)17-22)19-27(21-7-5-4-6-8-21)37(20)23-10-12-28(40-2)29(18-23)41-3/h4-12,17-19H,13-16H2,1-3H3,(H,34,39). The van der Waals surface area contributed by atoms with Gasteiger partial charge in [-0.05, 0) is 48.9 Å². The van der Waals surface area contributed by atoms with Gasteiger partial charge in [-0.3, -0.25) is 4.79 Å². The molecule has 0 saturated carbocycles. The number of carbonyl (C=O) groups is 2. The summed E-state index contributed by atoms with van der Waals surface area (Å²) in [5, 5.41) is 3.63. The Kier molecular flexibility index (Phi) is 8.42. The lowest BCUT2D eigenvalue weighted by Crippen LogP contribution is -2.51. The molecule has 0 radical (unpaired) electrons. The maximum absolute atomic E-state index is 13.8. The van der Waals surface area contributed by atoms with Crippen LogP contribution in [0.1, 0.15) is 16.1 Å². The zero-order valence-corrected chi connectivity index (χ0v) is 24.5. The highest BCUT2D eigenvalue weighted by Crippen LogP contribution is 2.35. The number of hydrogen-bond acceptors (Lipinski definition) is 4. The van der Waals surface area contributed by atoms with Gasteiger partial charge in [0.1, 0.15) is 0 Å². The molecule has 212 valence electrons. The van der Waals surface area contributed by atoms with Crippen molar-refractivity contribution in [3.63, 3.8) is 0 Å². The molecule has 1 N–H and O–H groups in total. The molecule has 5 rings (SSSR count). The number of benzene rings is 3. The Morgan fingerprint density at radius 3 is 2.12 bits per heavy atom. The first kappa shape index (κ1) is 28.4. The van der Waals surface area contributed by atoms with Gasteiger partial charge in [-0.15, -0.1) is 0 Å². The zero-order valence-electron chi connectivity index (χ0n) is 23.0. The summed E-state index contributed by atoms with van der Waals surface area (Å²) in [5.74, 6) is 1.14. The van der Waals surface area contributed by atoms with Crippen molar-refractivity contribution in [2.24, 2.45) is 0 Å². The fourth-order valence-corrected chi connectivity index (χ4v) is 5.30. The summed E-state index contributed by atoms with van der Waals surface area (Å²) < 4.78 is 13.0. The lowest BCUT2D eigenvalue weighted by Gasteiger charge is -2.34. The topological polar surface area (TPSA) is 76.0 Å². The maximum atomic E-state index is 13.8. The van der Waals surface area contributed by atoms with Gasteiger partial charge < -0.3 is 29.2 Å². The van der Waals surface area contributed by atoms with E-state index in [4.69, 9.17) is 32.7 Å². The van der Waals surface area contributed by atoms with Gasteiger partial charge in [0.25, 0.3) is 5.91 Å². The summed E-state index contributed by atoms with van der Waals surface area (Å²) in [6.07, 6.45) is 0. The molecule has 0 atom stereocenters. The normalized spacial score (nSPS) is 13.2. The highest BCUT2D eigenvalue weighted by Gasteiger charge is 2.28. The van der Waals surface area contributed by atoms with Gasteiger partial charge in [-0.1, -0.05) is 53.5 Å². The number of nitrogens with zero attached hydrogens (tertiary/aromatic N) is 3. The largest absolute Gasteiger partial charge is 0.493 e. The Morgan fingerprint density at radius 1 is 0.780 bits per heavy atom. The molecule has 2 heterocycles. The van der Waals surface area contributed by atoms with Crippen molar-refractivity contribution in [2.45, 2.75) is 6.92 Å². The molecule has 3 aromatic carbocycles. The molecule has 1 aromatic heterocycles. The number of piperazine rings is 1. The van der Waals surface area contributed by atoms with Gasteiger partial charge in [0.05, 0.1) is 35.5 Å². The number of nitrogens with one attached hydrogen (secondary N) is 1. The van der Waals surface area contributed by atoms with Crippen molar-refractivity contribution in [2.75, 3.05) is 45.7 Å². The fraction of sp³-hybridized carbons (Fsp3) is 0.226. The SMILES string of the molecule is COc1ccc(-n2c(-c3ccccc3)cc(C(=O)N3CCN(C(=O)Nc4ccc(Cl)c(Cl)c4)CC3)c2C)cc1OC. The molecule has 1 saturated heterocycles. The molecule has 41 heavy (non-hydrogen) atoms. The number of amides is 3. The Morgan fingerprint density at radius 2 is 1.46 bits per heavy atom. The Balaban J connectivity index is 1.38. The van der Waals surface area contributed by atoms with Crippen molar-refractivity contribution in [1.82, 2.24) is 14.4 Å². The van der Waals surface area contributed by atoms with E-state index in [1.165, 1.54) is 0 Å². The van der Waals surface area contributed by atoms with Gasteiger partial charge in [-0.2, -0.15) is 0 Å². The maximum Gasteiger partial charge on any atom is 0.321 e. The first-order valence-electron chi connectivity index (χ1n) is 13.1. The molecule has 3 amide bonds. The highest BCUT2D eigenvalue weighted by molar-refractivity contribution is 6.42. The van der Waals surface area contributed by atoms with Crippen molar-refractivity contribution in [3.05, 3.63) is 94.1 Å². The van der Waals surface area contributed by atoms with Crippen LogP contribution < -0.4 is 14.8 Å². The van der Waals surface area contributed by atoms with Crippen LogP contribution in [0.3, 0.4) is 0 Å². The molecule has 1 aliphatic heterocycles. The van der Waals surface area contributed by atoms with Crippen LogP contribution in [0, 0.1) is 6.92 Å². The minimum absolute atomic E-state index is 0.0801. The van der Waals surface area contributed by atoms with E-state index in [-0.39, 0.29) is 11.9 Å². The van der Waals surface area contributed by atoms with Gasteiger partial charge in [-0.25, -0.2) is 4.79 Å². The third kappa shape index (κ3) is 5.85. The van der Waals surface area contributed by atoms with E-state index >= 15 is 0 Å². The second-order valence-corrected chi connectivity index (χ2v) is 10.4. The Bertz CT molecular complexity index is 1580. The zero-order chi connectivity index (χ0) is 29.1. The molecular formula is C31H30Cl2N4O4. The molecule has 0 unspecified atom stereocenters. The summed E-state index contributed by atoms with van der Waals surface area (Å²) >= 11 is 12.0. The van der Waals surface area contributed by atoms with Crippen LogP contribution in [-0.2, 0) is 0 Å². The smallest absolute Gasteiger partial charge is 0.321 e. The minimum Gasteiger partial charge on any atom is -0.493 e. The predicted molar refractivity (Wildman–Crippen MR) is 162 cm³/mol. The lowest BCUT2D eigenvalue weighted by atomic mass is 10.1. The molecule has 1 aliphatic rings. The van der Waals surface area contributed by atoms with E-state index in [0.29, 0.717) is 59.0 Å². The molecule has 0 bridgehead atoms. The number of methoxy groups -OCH3 is 2. The summed E-state index contributed by atoms with van der Waals surface area (Å²) in [4.78, 5) is 30.1. The van der Waals surface area contributed by atoms with Gasteiger partial charge in [0, 0.05) is 49.3 Å². The van der Waals surface area contributed by atoms with Crippen LogP contribution in [0.5, 0.6) is 11.5 Å². The van der Waals surface area contributed by atoms with Crippen molar-refractivity contribution < 1.29 is 19.1 Å². The molecule has 4 aromatic rings. The number of halogens is 2. The van der Waals surface area contributed by atoms with Gasteiger partial charge >= 0.3 is 6.03 Å². The predicted octanol–water partition coefficient (Wildman–Crippen LogP) is 6.77. The Hall–Kier alpha value is -4.14. The number of anilines is 1. The molecule has 0 aliphatic carbocycles. The minimum atomic E-state index is -0.252. The number of rotatable bonds is 6. The lowest BCUT2D eigenvalue weighted by molar-refractivity contribution is 0.0671. The molecule has 1 fully saturated rings. The van der Waals surface area contributed by atoms with Crippen LogP contribution in [0.2, 0.25) is 10.0 Å². The van der Waals surface area contributed by atoms with E-state index in [2.05, 4.69) is 9.88 Å². The van der Waals surface area contributed by atoms with Crippen LogP contribution in [0.15, 0.2) is 72.8 Å². The number of aromatic nitrogens is 1. The first-order valence-corrected chi connectivity index (χ1v) is 13.9. The molecule has 10 heteroatoms. The van der Waals surface area contributed by atoms with Crippen LogP contribution in [0.25, 0.3) is 16.9 Å². The van der Waals surface area contributed by atoms with Crippen molar-refractivity contribution in [3.8, 4) is 28.4 Å². The number of ether oxygens (including phenoxy) is 2. The van der Waals surface area contributed by atoms with E-state index in [1.54, 1.807) is 42.2 Å². The van der Waals surface area contributed by atoms with Crippen LogP contribution in [0.4, 0.5) is 10.5 Å². The van der Waals surface area contributed by atoms with Crippen LogP contribution >= 0.6 is 23.2 Å². The van der Waals surface area contributed by atoms with Crippen LogP contribution in [-0.4, -0.2) is 66.7 Å². The second-order valence-electron chi connectivity index (χ2n) is 9.61. The monoisotopic (exact) mass is 592 g/mol. The van der Waals surface area contributed by atoms with E-state index in [1.807, 2.05) is 61.5 Å². The van der Waals surface area contributed by atoms with E-state index in [9.17, 15) is 9.59 Å². The summed E-state index contributed by atoms with van der Waals surface area (Å²) in [6.45, 7) is 3.57. The average molecular weight is 594 g/mol. The van der Waals surface area contributed by atoms with Gasteiger partial charge in [0.2, 0.25) is 0 Å². The number of urea groups is 1. The third-order valence-corrected chi connectivity index (χ3v) is 7.94. The van der Waals surface area contributed by atoms with E-state index < -0.39 is 0 Å². The Labute approximate surface area is 249 Å². The second kappa shape index (κ2) is 12.2. The van der Waals surface area contributed by atoms with Crippen molar-refractivity contribution >= 4 is 40.8 Å². The fourth-order valence-electron chi connectivity index (χ4n) is 5.00. The average Bonchev–Trinajstić information content (AvgIpc) is 3.35. The third-order valence-electron chi connectivity index (χ3n) is 7.20. The van der Waals surface area contributed by atoms with Gasteiger partial charge in [0.15, 0.2) is 11.5 Å². The first-order chi connectivity index (χ1) is 19.8. The highest BCUT2D eigenvalue weighted by atomic mass is 35.5. The van der Waals surface area contributed by atoms with Crippen molar-refractivity contribution in [1.29, 1.82) is 0 Å². The summed E-state index contributed by atoms with van der Waals surface area (Å²) in [7, 11) is 3.20. The quantitative estimate of drug-likeness (QED) is 0.268. The number of hydrogen-bond donors (Lipinski definition) is 1. The summed E-state index contributed by atoms with van der Waals surface area (Å²) in [5.41, 5.74) is 4.69. The van der Waals surface area contributed by atoms with E-state index in [0.717, 1.165) is 22.6 Å². The molecule has 0 spiro atoms. The molecular weight excluding hydrogens is 563 g/mol. The molecule has 8 nitrogen and oxygen atoms in total. The summed E-state index contributed by atoms with van der Waals surface area (Å²) in [6, 6.07) is 22.3.